The third kappa shape index (κ3) is 2.70. The smallest absolute Gasteiger partial charge is 0.256 e. The Morgan fingerprint density at radius 3 is 2.71 bits per heavy atom. The van der Waals surface area contributed by atoms with Crippen LogP contribution in [-0.2, 0) is 4.79 Å². The Kier molecular flexibility index (Phi) is 3.53. The van der Waals surface area contributed by atoms with Crippen LogP contribution >= 0.6 is 11.6 Å². The van der Waals surface area contributed by atoms with Crippen LogP contribution in [0, 0.1) is 0 Å². The van der Waals surface area contributed by atoms with E-state index in [1.807, 2.05) is 12.1 Å². The van der Waals surface area contributed by atoms with E-state index in [1.54, 1.807) is 6.07 Å². The molecule has 0 radical (unpaired) electrons. The van der Waals surface area contributed by atoms with Crippen LogP contribution in [0.5, 0.6) is 0 Å². The average molecular weight is 308 g/mol. The van der Waals surface area contributed by atoms with Crippen LogP contribution in [-0.4, -0.2) is 23.5 Å². The van der Waals surface area contributed by atoms with Gasteiger partial charge in [-0.25, -0.2) is 0 Å². The molecule has 1 aromatic rings. The molecule has 1 aliphatic heterocycles. The maximum Gasteiger partial charge on any atom is 0.256 e. The Balaban J connectivity index is 1.77. The van der Waals surface area contributed by atoms with Crippen LogP contribution < -0.4 is 16.0 Å². The van der Waals surface area contributed by atoms with Crippen molar-refractivity contribution >= 4 is 29.1 Å². The summed E-state index contributed by atoms with van der Waals surface area (Å²) in [6.45, 7) is 1.53. The Labute approximate surface area is 128 Å². The molecule has 0 saturated heterocycles. The Morgan fingerprint density at radius 2 is 2.05 bits per heavy atom. The first-order chi connectivity index (χ1) is 9.99. The number of halogens is 1. The molecule has 21 heavy (non-hydrogen) atoms. The maximum atomic E-state index is 12.3. The minimum absolute atomic E-state index is 0.00582. The van der Waals surface area contributed by atoms with Crippen molar-refractivity contribution in [2.24, 2.45) is 0 Å². The molecule has 1 heterocycles. The molecule has 1 aromatic carbocycles. The number of amides is 2. The number of benzene rings is 1. The van der Waals surface area contributed by atoms with Gasteiger partial charge in [0.1, 0.15) is 5.66 Å². The summed E-state index contributed by atoms with van der Waals surface area (Å²) in [6, 6.07) is 5.62. The molecule has 1 spiro atoms. The molecule has 112 valence electrons. The van der Waals surface area contributed by atoms with Crippen LogP contribution in [0.25, 0.3) is 0 Å². The van der Waals surface area contributed by atoms with E-state index in [0.29, 0.717) is 10.6 Å². The van der Waals surface area contributed by atoms with E-state index < -0.39 is 5.66 Å². The van der Waals surface area contributed by atoms with Crippen molar-refractivity contribution in [2.45, 2.75) is 44.3 Å². The molecule has 0 unspecified atom stereocenters. The summed E-state index contributed by atoms with van der Waals surface area (Å²) in [5, 5.41) is 9.88. The average Bonchev–Trinajstić information content (AvgIpc) is 2.41. The van der Waals surface area contributed by atoms with E-state index in [9.17, 15) is 9.59 Å². The molecule has 5 nitrogen and oxygen atoms in total. The molecular weight excluding hydrogens is 290 g/mol. The van der Waals surface area contributed by atoms with Crippen molar-refractivity contribution in [1.82, 2.24) is 10.6 Å². The highest BCUT2D eigenvalue weighted by Gasteiger charge is 2.41. The molecular formula is C15H18ClN3O2. The normalized spacial score (nSPS) is 27.5. The summed E-state index contributed by atoms with van der Waals surface area (Å²) >= 11 is 6.10. The van der Waals surface area contributed by atoms with Crippen molar-refractivity contribution in [3.8, 4) is 0 Å². The maximum absolute atomic E-state index is 12.3. The van der Waals surface area contributed by atoms with E-state index in [2.05, 4.69) is 16.0 Å². The van der Waals surface area contributed by atoms with Gasteiger partial charge in [0.15, 0.2) is 0 Å². The Hall–Kier alpha value is -1.75. The predicted molar refractivity (Wildman–Crippen MR) is 81.3 cm³/mol. The molecule has 1 aliphatic carbocycles. The van der Waals surface area contributed by atoms with Crippen molar-refractivity contribution in [3.05, 3.63) is 28.8 Å². The van der Waals surface area contributed by atoms with Gasteiger partial charge in [-0.1, -0.05) is 17.7 Å². The van der Waals surface area contributed by atoms with Gasteiger partial charge in [-0.15, -0.1) is 0 Å². The van der Waals surface area contributed by atoms with Crippen molar-refractivity contribution in [1.29, 1.82) is 0 Å². The zero-order chi connectivity index (χ0) is 15.0. The first-order valence-electron chi connectivity index (χ1n) is 7.15. The van der Waals surface area contributed by atoms with Crippen LogP contribution in [0.3, 0.4) is 0 Å². The minimum atomic E-state index is -0.427. The second kappa shape index (κ2) is 5.22. The van der Waals surface area contributed by atoms with Crippen LogP contribution in [0.1, 0.15) is 43.0 Å². The summed E-state index contributed by atoms with van der Waals surface area (Å²) in [4.78, 5) is 23.5. The first kappa shape index (κ1) is 14.2. The molecule has 3 N–H and O–H groups in total. The van der Waals surface area contributed by atoms with Gasteiger partial charge in [-0.2, -0.15) is 0 Å². The third-order valence-electron chi connectivity index (χ3n) is 4.21. The number of carbonyl (C=O) groups excluding carboxylic acids is 2. The summed E-state index contributed by atoms with van der Waals surface area (Å²) < 4.78 is 0. The van der Waals surface area contributed by atoms with E-state index in [1.165, 1.54) is 6.92 Å². The fraction of sp³-hybridized carbons (Fsp3) is 0.467. The van der Waals surface area contributed by atoms with Crippen molar-refractivity contribution < 1.29 is 9.59 Å². The summed E-state index contributed by atoms with van der Waals surface area (Å²) in [5.74, 6) is -0.138. The number of nitrogens with one attached hydrogen (secondary N) is 3. The van der Waals surface area contributed by atoms with Gasteiger partial charge in [-0.05, 0) is 37.8 Å². The third-order valence-corrected chi connectivity index (χ3v) is 4.53. The highest BCUT2D eigenvalue weighted by molar-refractivity contribution is 6.34. The lowest BCUT2D eigenvalue weighted by molar-refractivity contribution is -0.119. The number of hydrogen-bond donors (Lipinski definition) is 3. The Morgan fingerprint density at radius 1 is 1.33 bits per heavy atom. The van der Waals surface area contributed by atoms with Gasteiger partial charge in [-0.3, -0.25) is 9.59 Å². The molecule has 0 atom stereocenters. The van der Waals surface area contributed by atoms with Crippen molar-refractivity contribution in [3.63, 3.8) is 0 Å². The topological polar surface area (TPSA) is 70.2 Å². The lowest BCUT2D eigenvalue weighted by atomic mass is 9.83. The minimum Gasteiger partial charge on any atom is -0.362 e. The molecule has 1 fully saturated rings. The van der Waals surface area contributed by atoms with Crippen LogP contribution in [0.4, 0.5) is 5.69 Å². The number of carbonyl (C=O) groups is 2. The summed E-state index contributed by atoms with van der Waals surface area (Å²) in [6.07, 6.45) is 3.22. The van der Waals surface area contributed by atoms with Gasteiger partial charge in [0, 0.05) is 13.0 Å². The number of rotatable bonds is 1. The van der Waals surface area contributed by atoms with E-state index in [0.717, 1.165) is 31.4 Å². The molecule has 2 aliphatic rings. The number of hydrogen-bond acceptors (Lipinski definition) is 3. The van der Waals surface area contributed by atoms with E-state index in [-0.39, 0.29) is 17.9 Å². The highest BCUT2D eigenvalue weighted by atomic mass is 35.5. The van der Waals surface area contributed by atoms with Gasteiger partial charge in [0.2, 0.25) is 5.91 Å². The second-order valence-electron chi connectivity index (χ2n) is 5.80. The first-order valence-corrected chi connectivity index (χ1v) is 7.53. The number of fused-ring (bicyclic) bond motifs is 1. The molecule has 6 heteroatoms. The van der Waals surface area contributed by atoms with Gasteiger partial charge in [0.05, 0.1) is 16.3 Å². The van der Waals surface area contributed by atoms with E-state index in [4.69, 9.17) is 11.6 Å². The molecule has 0 bridgehead atoms. The largest absolute Gasteiger partial charge is 0.362 e. The zero-order valence-electron chi connectivity index (χ0n) is 11.8. The predicted octanol–water partition coefficient (Wildman–Crippen LogP) is 2.27. The Bertz CT molecular complexity index is 595. The molecule has 1 saturated carbocycles. The standard InChI is InChI=1S/C15H18ClN3O2/c1-9(20)17-10-5-7-15(8-6-10)18-12-4-2-3-11(16)13(12)14(21)19-15/h2-4,10,18H,5-8H2,1H3,(H,17,20)(H,19,21). The zero-order valence-corrected chi connectivity index (χ0v) is 12.6. The van der Waals surface area contributed by atoms with Gasteiger partial charge < -0.3 is 16.0 Å². The monoisotopic (exact) mass is 307 g/mol. The van der Waals surface area contributed by atoms with Gasteiger partial charge >= 0.3 is 0 Å². The fourth-order valence-electron chi connectivity index (χ4n) is 3.22. The van der Waals surface area contributed by atoms with Gasteiger partial charge in [0.25, 0.3) is 5.91 Å². The quantitative estimate of drug-likeness (QED) is 0.745. The van der Waals surface area contributed by atoms with Crippen LogP contribution in [0.15, 0.2) is 18.2 Å². The molecule has 2 amide bonds. The summed E-state index contributed by atoms with van der Waals surface area (Å²) in [5.41, 5.74) is 0.863. The lowest BCUT2D eigenvalue weighted by Gasteiger charge is -2.45. The summed E-state index contributed by atoms with van der Waals surface area (Å²) in [7, 11) is 0. The van der Waals surface area contributed by atoms with Crippen LogP contribution in [0.2, 0.25) is 5.02 Å². The highest BCUT2D eigenvalue weighted by Crippen LogP contribution is 2.36. The SMILES string of the molecule is CC(=O)NC1CCC2(CC1)NC(=O)c1c(Cl)cccc1N2. The molecule has 3 rings (SSSR count). The van der Waals surface area contributed by atoms with Crippen molar-refractivity contribution in [2.75, 3.05) is 5.32 Å². The second-order valence-corrected chi connectivity index (χ2v) is 6.21. The van der Waals surface area contributed by atoms with E-state index >= 15 is 0 Å². The fourth-order valence-corrected chi connectivity index (χ4v) is 3.48. The lowest BCUT2D eigenvalue weighted by Crippen LogP contribution is -2.60. The number of anilines is 1. The molecule has 0 aromatic heterocycles.